The Kier molecular flexibility index (Phi) is 5.12. The summed E-state index contributed by atoms with van der Waals surface area (Å²) >= 11 is 0. The van der Waals surface area contributed by atoms with E-state index in [2.05, 4.69) is 10.1 Å². The van der Waals surface area contributed by atoms with Gasteiger partial charge in [0.2, 0.25) is 0 Å². The third-order valence-electron chi connectivity index (χ3n) is 3.78. The van der Waals surface area contributed by atoms with Gasteiger partial charge in [-0.25, -0.2) is 9.18 Å². The Hall–Kier alpha value is -3.41. The first-order chi connectivity index (χ1) is 12.6. The number of fused-ring (bicyclic) bond motifs is 1. The molecule has 0 radical (unpaired) electrons. The lowest BCUT2D eigenvalue weighted by Gasteiger charge is -2.12. The lowest BCUT2D eigenvalue weighted by Crippen LogP contribution is -2.14. The number of carbonyl (C=O) groups excluding carboxylic acids is 2. The molecule has 0 spiro atoms. The van der Waals surface area contributed by atoms with E-state index in [4.69, 9.17) is 4.74 Å². The molecular weight excluding hydrogens is 337 g/mol. The molecule has 5 nitrogen and oxygen atoms in total. The summed E-state index contributed by atoms with van der Waals surface area (Å²) in [7, 11) is 1.28. The quantitative estimate of drug-likeness (QED) is 0.709. The van der Waals surface area contributed by atoms with Gasteiger partial charge in [0, 0.05) is 16.6 Å². The number of esters is 1. The molecule has 0 fully saturated rings. The van der Waals surface area contributed by atoms with E-state index in [9.17, 15) is 14.0 Å². The molecule has 26 heavy (non-hydrogen) atoms. The normalized spacial score (nSPS) is 10.4. The lowest BCUT2D eigenvalue weighted by atomic mass is 10.0. The summed E-state index contributed by atoms with van der Waals surface area (Å²) in [5, 5.41) is 4.02. The summed E-state index contributed by atoms with van der Waals surface area (Å²) in [5.41, 5.74) is 0.778. The summed E-state index contributed by atoms with van der Waals surface area (Å²) in [6.07, 6.45) is 0. The van der Waals surface area contributed by atoms with Crippen LogP contribution in [0.1, 0.15) is 10.4 Å². The molecule has 0 saturated carbocycles. The van der Waals surface area contributed by atoms with Crippen molar-refractivity contribution in [1.82, 2.24) is 0 Å². The molecule has 0 aliphatic carbocycles. The highest BCUT2D eigenvalue weighted by Gasteiger charge is 2.14. The van der Waals surface area contributed by atoms with Crippen LogP contribution in [0.15, 0.2) is 60.7 Å². The first kappa shape index (κ1) is 17.4. The van der Waals surface area contributed by atoms with Crippen molar-refractivity contribution in [3.63, 3.8) is 0 Å². The zero-order valence-corrected chi connectivity index (χ0v) is 14.0. The summed E-state index contributed by atoms with van der Waals surface area (Å²) in [5.74, 6) is -0.833. The Labute approximate surface area is 149 Å². The number of amides is 1. The molecule has 3 aromatic rings. The molecule has 0 bridgehead atoms. The van der Waals surface area contributed by atoms with Gasteiger partial charge in [-0.15, -0.1) is 0 Å². The second kappa shape index (κ2) is 7.65. The van der Waals surface area contributed by atoms with Crippen molar-refractivity contribution in [2.45, 2.75) is 0 Å². The van der Waals surface area contributed by atoms with Crippen molar-refractivity contribution in [2.75, 3.05) is 19.0 Å². The number of ether oxygens (including phenoxy) is 2. The van der Waals surface area contributed by atoms with E-state index in [1.807, 2.05) is 6.07 Å². The third kappa shape index (κ3) is 3.80. The minimum absolute atomic E-state index is 0.227. The van der Waals surface area contributed by atoms with Crippen molar-refractivity contribution in [2.24, 2.45) is 0 Å². The highest BCUT2D eigenvalue weighted by Crippen LogP contribution is 2.29. The Bertz CT molecular complexity index is 971. The highest BCUT2D eigenvalue weighted by atomic mass is 19.1. The summed E-state index contributed by atoms with van der Waals surface area (Å²) in [6, 6.07) is 16.1. The number of benzene rings is 3. The predicted octanol–water partition coefficient (Wildman–Crippen LogP) is 3.78. The second-order valence-corrected chi connectivity index (χ2v) is 5.49. The molecule has 0 aliphatic heterocycles. The van der Waals surface area contributed by atoms with Crippen molar-refractivity contribution in [3.05, 3.63) is 72.0 Å². The molecule has 0 aliphatic rings. The van der Waals surface area contributed by atoms with Crippen LogP contribution in [0.4, 0.5) is 10.1 Å². The van der Waals surface area contributed by atoms with E-state index in [0.29, 0.717) is 27.8 Å². The van der Waals surface area contributed by atoms with E-state index < -0.39 is 11.8 Å². The maximum absolute atomic E-state index is 13.3. The maximum atomic E-state index is 13.3. The molecule has 1 N–H and O–H groups in total. The Balaban J connectivity index is 1.92. The fourth-order valence-electron chi connectivity index (χ4n) is 2.56. The predicted molar refractivity (Wildman–Crippen MR) is 95.8 cm³/mol. The topological polar surface area (TPSA) is 64.6 Å². The number of carbonyl (C=O) groups is 2. The van der Waals surface area contributed by atoms with Crippen molar-refractivity contribution in [1.29, 1.82) is 0 Å². The molecule has 132 valence electrons. The fraction of sp³-hybridized carbons (Fsp3) is 0.100. The molecule has 0 saturated heterocycles. The van der Waals surface area contributed by atoms with Crippen LogP contribution in [0.5, 0.6) is 5.75 Å². The Morgan fingerprint density at radius 3 is 2.50 bits per heavy atom. The van der Waals surface area contributed by atoms with Gasteiger partial charge in [0.15, 0.2) is 6.61 Å². The van der Waals surface area contributed by atoms with Crippen LogP contribution in [0, 0.1) is 5.82 Å². The van der Waals surface area contributed by atoms with Crippen LogP contribution < -0.4 is 10.1 Å². The van der Waals surface area contributed by atoms with E-state index in [0.717, 1.165) is 0 Å². The first-order valence-corrected chi connectivity index (χ1v) is 7.87. The molecule has 3 aromatic carbocycles. The number of anilines is 1. The molecular formula is C20H16FNO4. The minimum atomic E-state index is -0.498. The van der Waals surface area contributed by atoms with E-state index >= 15 is 0 Å². The number of rotatable bonds is 5. The van der Waals surface area contributed by atoms with E-state index in [1.54, 1.807) is 36.4 Å². The minimum Gasteiger partial charge on any atom is -0.481 e. The molecule has 3 rings (SSSR count). The molecule has 6 heteroatoms. The Morgan fingerprint density at radius 2 is 1.77 bits per heavy atom. The summed E-state index contributed by atoms with van der Waals surface area (Å²) in [6.45, 7) is -0.227. The maximum Gasteiger partial charge on any atom is 0.343 e. The fourth-order valence-corrected chi connectivity index (χ4v) is 2.56. The van der Waals surface area contributed by atoms with Gasteiger partial charge in [0.25, 0.3) is 5.91 Å². The highest BCUT2D eigenvalue weighted by molar-refractivity contribution is 6.13. The second-order valence-electron chi connectivity index (χ2n) is 5.49. The van der Waals surface area contributed by atoms with Gasteiger partial charge in [-0.05, 0) is 35.7 Å². The zero-order chi connectivity index (χ0) is 18.5. The first-order valence-electron chi connectivity index (χ1n) is 7.87. The molecule has 0 heterocycles. The Morgan fingerprint density at radius 1 is 1.00 bits per heavy atom. The van der Waals surface area contributed by atoms with Crippen LogP contribution in [0.3, 0.4) is 0 Å². The zero-order valence-electron chi connectivity index (χ0n) is 14.0. The van der Waals surface area contributed by atoms with Crippen LogP contribution >= 0.6 is 0 Å². The van der Waals surface area contributed by atoms with E-state index in [-0.39, 0.29) is 12.5 Å². The van der Waals surface area contributed by atoms with Gasteiger partial charge in [-0.2, -0.15) is 0 Å². The number of hydrogen-bond donors (Lipinski definition) is 1. The van der Waals surface area contributed by atoms with E-state index in [1.165, 1.54) is 25.3 Å². The van der Waals surface area contributed by atoms with Crippen LogP contribution in [0.25, 0.3) is 10.8 Å². The summed E-state index contributed by atoms with van der Waals surface area (Å²) in [4.78, 5) is 23.9. The summed E-state index contributed by atoms with van der Waals surface area (Å²) < 4.78 is 23.3. The lowest BCUT2D eigenvalue weighted by molar-refractivity contribution is -0.142. The van der Waals surface area contributed by atoms with Crippen LogP contribution in [0.2, 0.25) is 0 Å². The van der Waals surface area contributed by atoms with Gasteiger partial charge in [-0.1, -0.05) is 30.3 Å². The SMILES string of the molecule is COC(=O)COc1ccc(C(=O)Nc2cccc(F)c2)c2ccccc12. The van der Waals surface area contributed by atoms with Crippen molar-refractivity contribution < 1.29 is 23.5 Å². The van der Waals surface area contributed by atoms with Gasteiger partial charge in [0.1, 0.15) is 11.6 Å². The number of hydrogen-bond acceptors (Lipinski definition) is 4. The molecule has 0 unspecified atom stereocenters. The number of methoxy groups -OCH3 is 1. The van der Waals surface area contributed by atoms with Crippen LogP contribution in [-0.4, -0.2) is 25.6 Å². The number of nitrogens with one attached hydrogen (secondary N) is 1. The third-order valence-corrected chi connectivity index (χ3v) is 3.78. The molecule has 0 aromatic heterocycles. The van der Waals surface area contributed by atoms with Crippen molar-refractivity contribution >= 4 is 28.3 Å². The van der Waals surface area contributed by atoms with Gasteiger partial charge >= 0.3 is 5.97 Å². The standard InChI is InChI=1S/C20H16FNO4/c1-25-19(23)12-26-18-10-9-17(15-7-2-3-8-16(15)18)20(24)22-14-6-4-5-13(21)11-14/h2-11H,12H2,1H3,(H,22,24). The largest absolute Gasteiger partial charge is 0.481 e. The number of halogens is 1. The van der Waals surface area contributed by atoms with Crippen LogP contribution in [-0.2, 0) is 9.53 Å². The molecule has 1 amide bonds. The monoisotopic (exact) mass is 353 g/mol. The average Bonchev–Trinajstić information content (AvgIpc) is 2.65. The van der Waals surface area contributed by atoms with Gasteiger partial charge in [-0.3, -0.25) is 4.79 Å². The smallest absolute Gasteiger partial charge is 0.343 e. The van der Waals surface area contributed by atoms with Crippen molar-refractivity contribution in [3.8, 4) is 5.75 Å². The molecule has 0 atom stereocenters. The van der Waals surface area contributed by atoms with Gasteiger partial charge < -0.3 is 14.8 Å². The average molecular weight is 353 g/mol. The van der Waals surface area contributed by atoms with Gasteiger partial charge in [0.05, 0.1) is 7.11 Å².